The van der Waals surface area contributed by atoms with E-state index in [1.807, 2.05) is 6.92 Å². The van der Waals surface area contributed by atoms with Crippen molar-refractivity contribution >= 4 is 11.9 Å². The fourth-order valence-corrected chi connectivity index (χ4v) is 2.06. The summed E-state index contributed by atoms with van der Waals surface area (Å²) in [6.45, 7) is 1.97. The Labute approximate surface area is 127 Å². The van der Waals surface area contributed by atoms with Gasteiger partial charge in [-0.15, -0.1) is 0 Å². The molecule has 3 N–H and O–H groups in total. The van der Waals surface area contributed by atoms with Gasteiger partial charge in [-0.05, 0) is 18.6 Å². The van der Waals surface area contributed by atoms with Crippen molar-refractivity contribution in [2.45, 2.75) is 32.2 Å². The second kappa shape index (κ2) is 7.35. The van der Waals surface area contributed by atoms with E-state index in [1.165, 1.54) is 6.33 Å². The minimum atomic E-state index is -1.02. The highest BCUT2D eigenvalue weighted by Gasteiger charge is 2.20. The van der Waals surface area contributed by atoms with E-state index >= 15 is 0 Å². The Morgan fingerprint density at radius 1 is 1.41 bits per heavy atom. The number of carboxylic acids is 1. The predicted molar refractivity (Wildman–Crippen MR) is 80.2 cm³/mol. The molecule has 1 aromatic heterocycles. The summed E-state index contributed by atoms with van der Waals surface area (Å²) in [6, 6.07) is 5.92. The van der Waals surface area contributed by atoms with Crippen LogP contribution in [0.15, 0.2) is 30.6 Å². The Hall–Kier alpha value is -2.70. The van der Waals surface area contributed by atoms with Gasteiger partial charge in [0, 0.05) is 11.1 Å². The fraction of sp³-hybridized carbons (Fsp3) is 0.333. The smallest absolute Gasteiger partial charge is 0.326 e. The molecule has 0 bridgehead atoms. The third kappa shape index (κ3) is 3.91. The van der Waals surface area contributed by atoms with Gasteiger partial charge in [0.15, 0.2) is 5.82 Å². The van der Waals surface area contributed by atoms with Gasteiger partial charge in [0.1, 0.15) is 12.4 Å². The summed E-state index contributed by atoms with van der Waals surface area (Å²) in [4.78, 5) is 27.4. The third-order valence-corrected chi connectivity index (χ3v) is 3.26. The molecule has 2 aromatic rings. The summed E-state index contributed by atoms with van der Waals surface area (Å²) in [5, 5.41) is 18.2. The van der Waals surface area contributed by atoms with Crippen LogP contribution in [0.5, 0.6) is 0 Å². The molecule has 1 amide bonds. The minimum absolute atomic E-state index is 0.386. The highest BCUT2D eigenvalue weighted by molar-refractivity contribution is 5.97. The Morgan fingerprint density at radius 2 is 2.23 bits per heavy atom. The van der Waals surface area contributed by atoms with Crippen LogP contribution in [0.1, 0.15) is 36.5 Å². The SMILES string of the molecule is CCCCC(NC(=O)c1cccc(-c2ncn[nH]2)c1)C(=O)O. The molecule has 0 spiro atoms. The predicted octanol–water partition coefficient (Wildman–Crippen LogP) is 1.84. The van der Waals surface area contributed by atoms with E-state index in [-0.39, 0.29) is 0 Å². The highest BCUT2D eigenvalue weighted by atomic mass is 16.4. The average Bonchev–Trinajstić information content (AvgIpc) is 3.05. The number of aromatic amines is 1. The molecule has 1 heterocycles. The van der Waals surface area contributed by atoms with Crippen LogP contribution in [0.4, 0.5) is 0 Å². The minimum Gasteiger partial charge on any atom is -0.480 e. The maximum atomic E-state index is 12.2. The van der Waals surface area contributed by atoms with E-state index in [0.29, 0.717) is 23.4 Å². The van der Waals surface area contributed by atoms with Gasteiger partial charge < -0.3 is 10.4 Å². The molecule has 7 nitrogen and oxygen atoms in total. The van der Waals surface area contributed by atoms with Crippen LogP contribution in [-0.2, 0) is 4.79 Å². The van der Waals surface area contributed by atoms with Crippen LogP contribution in [0.3, 0.4) is 0 Å². The first-order valence-electron chi connectivity index (χ1n) is 7.11. The molecule has 1 unspecified atom stereocenters. The maximum Gasteiger partial charge on any atom is 0.326 e. The average molecular weight is 302 g/mol. The van der Waals surface area contributed by atoms with Crippen LogP contribution < -0.4 is 5.32 Å². The maximum absolute atomic E-state index is 12.2. The van der Waals surface area contributed by atoms with Crippen LogP contribution >= 0.6 is 0 Å². The largest absolute Gasteiger partial charge is 0.480 e. The molecule has 22 heavy (non-hydrogen) atoms. The standard InChI is InChI=1S/C15H18N4O3/c1-2-3-7-12(15(21)22)18-14(20)11-6-4-5-10(8-11)13-16-9-17-19-13/h4-6,8-9,12H,2-3,7H2,1H3,(H,18,20)(H,21,22)(H,16,17,19). The van der Waals surface area contributed by atoms with E-state index in [4.69, 9.17) is 5.11 Å². The third-order valence-electron chi connectivity index (χ3n) is 3.26. The lowest BCUT2D eigenvalue weighted by Crippen LogP contribution is -2.40. The first-order chi connectivity index (χ1) is 10.6. The Bertz CT molecular complexity index is 640. The number of rotatable bonds is 7. The number of aliphatic carboxylic acids is 1. The van der Waals surface area contributed by atoms with E-state index in [1.54, 1.807) is 24.3 Å². The van der Waals surface area contributed by atoms with E-state index in [2.05, 4.69) is 20.5 Å². The van der Waals surface area contributed by atoms with Crippen molar-refractivity contribution in [1.29, 1.82) is 0 Å². The van der Waals surface area contributed by atoms with E-state index in [0.717, 1.165) is 12.8 Å². The molecule has 0 saturated heterocycles. The topological polar surface area (TPSA) is 108 Å². The Balaban J connectivity index is 2.12. The normalized spacial score (nSPS) is 11.9. The van der Waals surface area contributed by atoms with Crippen molar-refractivity contribution in [1.82, 2.24) is 20.5 Å². The van der Waals surface area contributed by atoms with Crippen molar-refractivity contribution in [3.63, 3.8) is 0 Å². The second-order valence-electron chi connectivity index (χ2n) is 4.92. The van der Waals surface area contributed by atoms with Gasteiger partial charge in [0.2, 0.25) is 0 Å². The van der Waals surface area contributed by atoms with Crippen molar-refractivity contribution in [3.8, 4) is 11.4 Å². The monoisotopic (exact) mass is 302 g/mol. The molecule has 0 aliphatic heterocycles. The molecular formula is C15H18N4O3. The summed E-state index contributed by atoms with van der Waals surface area (Å²) in [5.74, 6) is -0.881. The van der Waals surface area contributed by atoms with E-state index < -0.39 is 17.9 Å². The lowest BCUT2D eigenvalue weighted by atomic mass is 10.1. The van der Waals surface area contributed by atoms with Gasteiger partial charge in [-0.2, -0.15) is 5.10 Å². The van der Waals surface area contributed by atoms with Crippen LogP contribution in [-0.4, -0.2) is 38.2 Å². The lowest BCUT2D eigenvalue weighted by molar-refractivity contribution is -0.139. The second-order valence-corrected chi connectivity index (χ2v) is 4.92. The number of nitrogens with one attached hydrogen (secondary N) is 2. The summed E-state index contributed by atoms with van der Waals surface area (Å²) >= 11 is 0. The summed E-state index contributed by atoms with van der Waals surface area (Å²) in [7, 11) is 0. The van der Waals surface area contributed by atoms with Gasteiger partial charge >= 0.3 is 5.97 Å². The van der Waals surface area contributed by atoms with Crippen molar-refractivity contribution in [2.24, 2.45) is 0 Å². The number of nitrogens with zero attached hydrogens (tertiary/aromatic N) is 2. The summed E-state index contributed by atoms with van der Waals surface area (Å²) in [6.07, 6.45) is 3.42. The number of carboxylic acid groups (broad SMARTS) is 1. The number of amides is 1. The number of aromatic nitrogens is 3. The van der Waals surface area contributed by atoms with Gasteiger partial charge in [0.05, 0.1) is 0 Å². The van der Waals surface area contributed by atoms with Crippen molar-refractivity contribution in [3.05, 3.63) is 36.2 Å². The molecule has 0 saturated carbocycles. The van der Waals surface area contributed by atoms with Gasteiger partial charge in [-0.25, -0.2) is 9.78 Å². The van der Waals surface area contributed by atoms with Gasteiger partial charge in [-0.1, -0.05) is 31.9 Å². The van der Waals surface area contributed by atoms with Gasteiger partial charge in [0.25, 0.3) is 5.91 Å². The molecule has 0 fully saturated rings. The number of carbonyl (C=O) groups is 2. The van der Waals surface area contributed by atoms with Crippen molar-refractivity contribution in [2.75, 3.05) is 0 Å². The number of unbranched alkanes of at least 4 members (excludes halogenated alkanes) is 1. The summed E-state index contributed by atoms with van der Waals surface area (Å²) < 4.78 is 0. The zero-order valence-electron chi connectivity index (χ0n) is 12.2. The molecule has 7 heteroatoms. The lowest BCUT2D eigenvalue weighted by Gasteiger charge is -2.14. The molecule has 1 aromatic carbocycles. The van der Waals surface area contributed by atoms with Crippen LogP contribution in [0.2, 0.25) is 0 Å². The molecular weight excluding hydrogens is 284 g/mol. The quantitative estimate of drug-likeness (QED) is 0.723. The number of H-pyrrole nitrogens is 1. The molecule has 0 radical (unpaired) electrons. The van der Waals surface area contributed by atoms with Crippen LogP contribution in [0, 0.1) is 0 Å². The van der Waals surface area contributed by atoms with Gasteiger partial charge in [-0.3, -0.25) is 9.89 Å². The molecule has 1 atom stereocenters. The Morgan fingerprint density at radius 3 is 2.86 bits per heavy atom. The number of hydrogen-bond acceptors (Lipinski definition) is 4. The molecule has 0 aliphatic rings. The van der Waals surface area contributed by atoms with E-state index in [9.17, 15) is 9.59 Å². The molecule has 0 aliphatic carbocycles. The fourth-order valence-electron chi connectivity index (χ4n) is 2.06. The number of carbonyl (C=O) groups excluding carboxylic acids is 1. The zero-order valence-corrected chi connectivity index (χ0v) is 12.2. The van der Waals surface area contributed by atoms with Crippen molar-refractivity contribution < 1.29 is 14.7 Å². The number of hydrogen-bond donors (Lipinski definition) is 3. The van der Waals surface area contributed by atoms with Crippen LogP contribution in [0.25, 0.3) is 11.4 Å². The Kier molecular flexibility index (Phi) is 5.24. The first-order valence-corrected chi connectivity index (χ1v) is 7.11. The first kappa shape index (κ1) is 15.7. The summed E-state index contributed by atoms with van der Waals surface area (Å²) in [5.41, 5.74) is 1.10. The molecule has 2 rings (SSSR count). The zero-order chi connectivity index (χ0) is 15.9. The highest BCUT2D eigenvalue weighted by Crippen LogP contribution is 2.15. The molecule has 116 valence electrons. The number of benzene rings is 1.